The summed E-state index contributed by atoms with van der Waals surface area (Å²) in [5, 5.41) is 7.91. The number of amides is 1. The third kappa shape index (κ3) is 4.92. The zero-order chi connectivity index (χ0) is 27.8. The normalized spacial score (nSPS) is 16.9. The monoisotopic (exact) mass is 557 g/mol. The highest BCUT2D eigenvalue weighted by Crippen LogP contribution is 2.44. The number of aromatic nitrogens is 2. The molecule has 2 N–H and O–H groups in total. The molecule has 0 radical (unpaired) electrons. The zero-order valence-electron chi connectivity index (χ0n) is 22.7. The predicted octanol–water partition coefficient (Wildman–Crippen LogP) is 7.28. The predicted molar refractivity (Wildman–Crippen MR) is 163 cm³/mol. The molecular weight excluding hydrogens is 526 g/mol. The molecule has 5 rings (SSSR count). The van der Waals surface area contributed by atoms with Gasteiger partial charge in [-0.3, -0.25) is 9.78 Å². The number of hydrogen-bond acceptors (Lipinski definition) is 3. The quantitative estimate of drug-likeness (QED) is 0.244. The van der Waals surface area contributed by atoms with Gasteiger partial charge in [-0.1, -0.05) is 30.7 Å². The molecule has 1 aliphatic rings. The first kappa shape index (κ1) is 26.9. The molecule has 0 aliphatic carbocycles. The average Bonchev–Trinajstić information content (AvgIpc) is 3.42. The summed E-state index contributed by atoms with van der Waals surface area (Å²) in [6.45, 7) is 10.2. The minimum absolute atomic E-state index is 0.0129. The Bertz CT molecular complexity index is 1560. The van der Waals surface area contributed by atoms with Crippen LogP contribution in [0, 0.1) is 27.7 Å². The molecule has 200 valence electrons. The molecule has 1 aliphatic heterocycles. The first-order chi connectivity index (χ1) is 18.7. The Labute approximate surface area is 240 Å². The number of carbonyl (C=O) groups is 1. The molecular formula is C31H32ClN5OS. The molecule has 2 aromatic heterocycles. The molecule has 0 bridgehead atoms. The highest BCUT2D eigenvalue weighted by molar-refractivity contribution is 7.80. The lowest BCUT2D eigenvalue weighted by Gasteiger charge is -2.29. The van der Waals surface area contributed by atoms with Crippen molar-refractivity contribution in [3.05, 3.63) is 106 Å². The Morgan fingerprint density at radius 2 is 1.87 bits per heavy atom. The average molecular weight is 558 g/mol. The first-order valence-corrected chi connectivity index (χ1v) is 13.8. The fourth-order valence-electron chi connectivity index (χ4n) is 5.42. The van der Waals surface area contributed by atoms with Crippen LogP contribution in [0.25, 0.3) is 5.69 Å². The molecule has 1 saturated heterocycles. The fourth-order valence-corrected chi connectivity index (χ4v) is 5.94. The molecule has 4 aromatic rings. The number of aryl methyl sites for hydroxylation is 2. The van der Waals surface area contributed by atoms with Gasteiger partial charge in [0.25, 0.3) is 0 Å². The van der Waals surface area contributed by atoms with Gasteiger partial charge >= 0.3 is 0 Å². The smallest absolute Gasteiger partial charge is 0.224 e. The lowest BCUT2D eigenvalue weighted by molar-refractivity contribution is -0.115. The highest BCUT2D eigenvalue weighted by atomic mass is 35.5. The van der Waals surface area contributed by atoms with E-state index < -0.39 is 0 Å². The zero-order valence-corrected chi connectivity index (χ0v) is 24.3. The van der Waals surface area contributed by atoms with E-state index in [0.717, 1.165) is 55.9 Å². The number of nitrogens with zero attached hydrogens (tertiary/aromatic N) is 3. The van der Waals surface area contributed by atoms with Gasteiger partial charge in [0.1, 0.15) is 0 Å². The maximum atomic E-state index is 12.0. The van der Waals surface area contributed by atoms with Crippen molar-refractivity contribution in [1.82, 2.24) is 14.9 Å². The van der Waals surface area contributed by atoms with Crippen molar-refractivity contribution in [2.75, 3.05) is 10.2 Å². The van der Waals surface area contributed by atoms with Gasteiger partial charge < -0.3 is 20.1 Å². The third-order valence-corrected chi connectivity index (χ3v) is 8.17. The van der Waals surface area contributed by atoms with Crippen LogP contribution in [0.1, 0.15) is 59.2 Å². The molecule has 8 heteroatoms. The molecule has 0 unspecified atom stereocenters. The summed E-state index contributed by atoms with van der Waals surface area (Å²) in [5.41, 5.74) is 9.11. The second-order valence-electron chi connectivity index (χ2n) is 9.94. The number of pyridine rings is 1. The largest absolute Gasteiger partial charge is 0.351 e. The Hall–Kier alpha value is -3.68. The van der Waals surface area contributed by atoms with E-state index >= 15 is 0 Å². The van der Waals surface area contributed by atoms with E-state index in [1.165, 1.54) is 0 Å². The second kappa shape index (κ2) is 10.8. The second-order valence-corrected chi connectivity index (χ2v) is 10.7. The van der Waals surface area contributed by atoms with E-state index in [9.17, 15) is 4.79 Å². The Morgan fingerprint density at radius 3 is 2.56 bits per heavy atom. The van der Waals surface area contributed by atoms with Crippen LogP contribution in [-0.4, -0.2) is 20.6 Å². The highest BCUT2D eigenvalue weighted by Gasteiger charge is 2.42. The van der Waals surface area contributed by atoms with Gasteiger partial charge in [0, 0.05) is 46.1 Å². The standard InChI is InChI=1S/C31H32ClN5OS/c1-6-28(38)34-25-14-13-22(16-18(25)2)37-30(29(35-31(37)39)26-11-7-8-15-33-26)23-17-19(3)36(21(23)5)27-12-9-10-24(32)20(27)4/h7-17,29-30H,6H2,1-5H3,(H,34,38)(H,35,39)/t29-,30+/m0/s1. The molecule has 6 nitrogen and oxygen atoms in total. The lowest BCUT2D eigenvalue weighted by atomic mass is 9.96. The number of anilines is 2. The summed E-state index contributed by atoms with van der Waals surface area (Å²) in [5.74, 6) is -0.0129. The van der Waals surface area contributed by atoms with Crippen LogP contribution in [0.3, 0.4) is 0 Å². The minimum atomic E-state index is -0.159. The molecule has 39 heavy (non-hydrogen) atoms. The summed E-state index contributed by atoms with van der Waals surface area (Å²) < 4.78 is 2.26. The van der Waals surface area contributed by atoms with E-state index in [1.54, 1.807) is 0 Å². The van der Waals surface area contributed by atoms with Gasteiger partial charge in [-0.2, -0.15) is 0 Å². The Morgan fingerprint density at radius 1 is 1.08 bits per heavy atom. The Balaban J connectivity index is 1.65. The molecule has 2 atom stereocenters. The van der Waals surface area contributed by atoms with Gasteiger partial charge in [-0.25, -0.2) is 0 Å². The van der Waals surface area contributed by atoms with Crippen LogP contribution in [0.2, 0.25) is 5.02 Å². The summed E-state index contributed by atoms with van der Waals surface area (Å²) in [4.78, 5) is 18.9. The summed E-state index contributed by atoms with van der Waals surface area (Å²) in [6.07, 6.45) is 2.24. The third-order valence-electron chi connectivity index (χ3n) is 7.45. The van der Waals surface area contributed by atoms with Gasteiger partial charge in [-0.15, -0.1) is 0 Å². The molecule has 1 amide bonds. The Kier molecular flexibility index (Phi) is 7.47. The fraction of sp³-hybridized carbons (Fsp3) is 0.258. The van der Waals surface area contributed by atoms with Crippen molar-refractivity contribution in [2.45, 2.75) is 53.1 Å². The summed E-state index contributed by atoms with van der Waals surface area (Å²) in [6, 6.07) is 19.9. The van der Waals surface area contributed by atoms with Crippen molar-refractivity contribution in [3.63, 3.8) is 0 Å². The van der Waals surface area contributed by atoms with Crippen LogP contribution >= 0.6 is 23.8 Å². The van der Waals surface area contributed by atoms with Crippen LogP contribution in [-0.2, 0) is 4.79 Å². The van der Waals surface area contributed by atoms with E-state index in [0.29, 0.717) is 11.5 Å². The topological polar surface area (TPSA) is 62.2 Å². The van der Waals surface area contributed by atoms with E-state index in [1.807, 2.05) is 69.4 Å². The van der Waals surface area contributed by atoms with Crippen LogP contribution in [0.4, 0.5) is 11.4 Å². The number of hydrogen-bond donors (Lipinski definition) is 2. The van der Waals surface area contributed by atoms with Crippen molar-refractivity contribution in [1.29, 1.82) is 0 Å². The van der Waals surface area contributed by atoms with Gasteiger partial charge in [0.15, 0.2) is 5.11 Å². The lowest BCUT2D eigenvalue weighted by Crippen LogP contribution is -2.29. The number of carbonyl (C=O) groups excluding carboxylic acids is 1. The SMILES string of the molecule is CCC(=O)Nc1ccc(N2C(=S)N[C@@H](c3ccccn3)[C@H]2c2cc(C)n(-c3cccc(Cl)c3C)c2C)cc1C. The number of nitrogens with one attached hydrogen (secondary N) is 2. The van der Waals surface area contributed by atoms with Gasteiger partial charge in [-0.05, 0) is 105 Å². The van der Waals surface area contributed by atoms with E-state index in [4.69, 9.17) is 28.8 Å². The molecule has 0 saturated carbocycles. The van der Waals surface area contributed by atoms with Gasteiger partial charge in [0.05, 0.1) is 17.8 Å². The molecule has 3 heterocycles. The van der Waals surface area contributed by atoms with E-state index in [2.05, 4.69) is 52.1 Å². The van der Waals surface area contributed by atoms with Crippen LogP contribution in [0.5, 0.6) is 0 Å². The maximum Gasteiger partial charge on any atom is 0.224 e. The van der Waals surface area contributed by atoms with Crippen molar-refractivity contribution in [3.8, 4) is 5.69 Å². The molecule has 0 spiro atoms. The van der Waals surface area contributed by atoms with Crippen molar-refractivity contribution >= 4 is 46.2 Å². The number of thiocarbonyl (C=S) groups is 1. The maximum absolute atomic E-state index is 12.0. The van der Waals surface area contributed by atoms with Crippen molar-refractivity contribution in [2.24, 2.45) is 0 Å². The van der Waals surface area contributed by atoms with Crippen LogP contribution in [0.15, 0.2) is 66.9 Å². The van der Waals surface area contributed by atoms with E-state index in [-0.39, 0.29) is 18.0 Å². The number of benzene rings is 2. The summed E-state index contributed by atoms with van der Waals surface area (Å²) >= 11 is 12.5. The van der Waals surface area contributed by atoms with Crippen LogP contribution < -0.4 is 15.5 Å². The minimum Gasteiger partial charge on any atom is -0.351 e. The molecule has 1 fully saturated rings. The number of halogens is 1. The van der Waals surface area contributed by atoms with Crippen molar-refractivity contribution < 1.29 is 4.79 Å². The molecule has 2 aromatic carbocycles. The summed E-state index contributed by atoms with van der Waals surface area (Å²) in [7, 11) is 0. The van der Waals surface area contributed by atoms with Gasteiger partial charge in [0.2, 0.25) is 5.91 Å². The number of rotatable bonds is 6. The first-order valence-electron chi connectivity index (χ1n) is 13.1.